The van der Waals surface area contributed by atoms with Gasteiger partial charge in [-0.15, -0.1) is 0 Å². The van der Waals surface area contributed by atoms with Gasteiger partial charge in [0, 0.05) is 28.4 Å². The second-order valence-corrected chi connectivity index (χ2v) is 12.1. The van der Waals surface area contributed by atoms with Gasteiger partial charge >= 0.3 is 0 Å². The standard InChI is InChI=1S/C29H32F2N2O6/c1-26-8-7-19(36)10-22(26)23(30)11-21-20-9-16-13-33(18-5-3-17(4-6-18)32-15-35)39-29(16,25(38)14-34)27(20,2)12-24(37)28(21,26)31/h3-8,10,15-16,20-21,23-24,34,37H,9,11-14H2,1-2H3,(H,32,35)/t16-,20-,21-,23-,24-,26-,27-,28+,29+/m0/s1. The molecule has 4 fully saturated rings. The van der Waals surface area contributed by atoms with Gasteiger partial charge in [-0.3, -0.25) is 24.3 Å². The normalized spacial score (nSPS) is 44.2. The number of anilines is 2. The molecule has 1 aromatic rings. The summed E-state index contributed by atoms with van der Waals surface area (Å²) in [4.78, 5) is 42.8. The van der Waals surface area contributed by atoms with Crippen LogP contribution in [0, 0.1) is 28.6 Å². The maximum absolute atomic E-state index is 17.4. The van der Waals surface area contributed by atoms with Crippen LogP contribution >= 0.6 is 0 Å². The molecular weight excluding hydrogens is 510 g/mol. The molecule has 39 heavy (non-hydrogen) atoms. The molecule has 1 aromatic carbocycles. The number of fused-ring (bicyclic) bond motifs is 7. The molecule has 0 unspecified atom stereocenters. The van der Waals surface area contributed by atoms with Crippen LogP contribution in [0.1, 0.15) is 33.1 Å². The van der Waals surface area contributed by atoms with E-state index in [9.17, 15) is 24.6 Å². The maximum Gasteiger partial charge on any atom is 0.211 e. The van der Waals surface area contributed by atoms with E-state index in [1.165, 1.54) is 19.1 Å². The minimum absolute atomic E-state index is 0.0469. The van der Waals surface area contributed by atoms with E-state index in [1.807, 2.05) is 0 Å². The minimum Gasteiger partial charge on any atom is -0.390 e. The van der Waals surface area contributed by atoms with E-state index in [4.69, 9.17) is 4.84 Å². The molecule has 0 aromatic heterocycles. The Morgan fingerprint density at radius 2 is 1.95 bits per heavy atom. The number of halogens is 2. The van der Waals surface area contributed by atoms with E-state index in [2.05, 4.69) is 5.32 Å². The van der Waals surface area contributed by atoms with Gasteiger partial charge in [0.2, 0.25) is 6.41 Å². The number of nitrogens with zero attached hydrogens (tertiary/aromatic N) is 1. The topological polar surface area (TPSA) is 116 Å². The van der Waals surface area contributed by atoms with Crippen molar-refractivity contribution in [3.05, 3.63) is 48.1 Å². The number of Topliss-reactive ketones (excluding diaryl/α,β-unsaturated/α-hetero) is 1. The zero-order valence-electron chi connectivity index (χ0n) is 21.8. The Morgan fingerprint density at radius 1 is 1.23 bits per heavy atom. The molecular formula is C29H32F2N2O6. The first-order chi connectivity index (χ1) is 18.5. The highest BCUT2D eigenvalue weighted by atomic mass is 19.1. The number of allylic oxidation sites excluding steroid dienone is 4. The minimum atomic E-state index is -2.26. The van der Waals surface area contributed by atoms with Gasteiger partial charge in [0.15, 0.2) is 22.8 Å². The van der Waals surface area contributed by atoms with Crippen molar-refractivity contribution in [2.24, 2.45) is 28.6 Å². The fourth-order valence-electron chi connectivity index (χ4n) is 8.81. The predicted octanol–water partition coefficient (Wildman–Crippen LogP) is 2.85. The molecule has 0 bridgehead atoms. The van der Waals surface area contributed by atoms with E-state index in [0.29, 0.717) is 24.2 Å². The van der Waals surface area contributed by atoms with Crippen LogP contribution in [0.3, 0.4) is 0 Å². The van der Waals surface area contributed by atoms with Crippen molar-refractivity contribution >= 4 is 29.4 Å². The lowest BCUT2D eigenvalue weighted by atomic mass is 9.44. The Morgan fingerprint density at radius 3 is 2.62 bits per heavy atom. The average molecular weight is 543 g/mol. The fourth-order valence-corrected chi connectivity index (χ4v) is 8.81. The Balaban J connectivity index is 1.41. The zero-order chi connectivity index (χ0) is 28.0. The lowest BCUT2D eigenvalue weighted by molar-refractivity contribution is -0.228. The van der Waals surface area contributed by atoms with E-state index in [-0.39, 0.29) is 25.0 Å². The van der Waals surface area contributed by atoms with E-state index in [1.54, 1.807) is 36.3 Å². The number of rotatable bonds is 5. The van der Waals surface area contributed by atoms with Crippen molar-refractivity contribution in [3.8, 4) is 0 Å². The molecule has 9 atom stereocenters. The number of hydrogen-bond donors (Lipinski definition) is 3. The van der Waals surface area contributed by atoms with Gasteiger partial charge < -0.3 is 15.5 Å². The summed E-state index contributed by atoms with van der Waals surface area (Å²) in [6.45, 7) is 2.81. The number of nitrogens with one attached hydrogen (secondary N) is 1. The summed E-state index contributed by atoms with van der Waals surface area (Å²) < 4.78 is 33.1. The van der Waals surface area contributed by atoms with Crippen molar-refractivity contribution in [1.82, 2.24) is 0 Å². The molecule has 3 N–H and O–H groups in total. The van der Waals surface area contributed by atoms with Crippen LogP contribution in [-0.4, -0.2) is 64.9 Å². The Kier molecular flexibility index (Phi) is 5.74. The summed E-state index contributed by atoms with van der Waals surface area (Å²) in [5.74, 6) is -2.87. The fraction of sp³-hybridized carbons (Fsp3) is 0.552. The van der Waals surface area contributed by atoms with Crippen molar-refractivity contribution in [2.45, 2.75) is 56.7 Å². The molecule has 5 aliphatic rings. The van der Waals surface area contributed by atoms with Crippen LogP contribution < -0.4 is 10.4 Å². The van der Waals surface area contributed by atoms with E-state index in [0.717, 1.165) is 6.08 Å². The zero-order valence-corrected chi connectivity index (χ0v) is 21.8. The first-order valence-electron chi connectivity index (χ1n) is 13.3. The Bertz CT molecular complexity index is 1300. The van der Waals surface area contributed by atoms with Crippen LogP contribution in [0.15, 0.2) is 48.1 Å². The van der Waals surface area contributed by atoms with Gasteiger partial charge in [-0.05, 0) is 74.1 Å². The highest BCUT2D eigenvalue weighted by molar-refractivity contribution is 6.01. The van der Waals surface area contributed by atoms with Crippen LogP contribution in [0.4, 0.5) is 20.2 Å². The summed E-state index contributed by atoms with van der Waals surface area (Å²) in [5, 5.41) is 25.8. The molecule has 0 spiro atoms. The Hall–Kier alpha value is -2.95. The molecule has 3 saturated carbocycles. The molecule has 1 saturated heterocycles. The summed E-state index contributed by atoms with van der Waals surface area (Å²) in [6, 6.07) is 6.83. The van der Waals surface area contributed by atoms with Crippen LogP contribution in [0.2, 0.25) is 0 Å². The first-order valence-corrected chi connectivity index (χ1v) is 13.3. The molecule has 1 heterocycles. The molecule has 4 aliphatic carbocycles. The highest BCUT2D eigenvalue weighted by Gasteiger charge is 2.79. The second kappa shape index (κ2) is 8.52. The van der Waals surface area contributed by atoms with Gasteiger partial charge in [0.1, 0.15) is 12.8 Å². The molecule has 208 valence electrons. The number of alkyl halides is 2. The van der Waals surface area contributed by atoms with Crippen molar-refractivity contribution in [3.63, 3.8) is 0 Å². The van der Waals surface area contributed by atoms with E-state index < -0.39 is 70.3 Å². The lowest BCUT2D eigenvalue weighted by Gasteiger charge is -2.63. The van der Waals surface area contributed by atoms with Gasteiger partial charge in [0.05, 0.1) is 18.3 Å². The number of aliphatic hydroxyl groups is 2. The van der Waals surface area contributed by atoms with Gasteiger partial charge in [-0.2, -0.15) is 0 Å². The number of carbonyl (C=O) groups is 3. The third kappa shape index (κ3) is 3.16. The molecule has 10 heteroatoms. The number of hydroxylamine groups is 1. The number of benzene rings is 1. The molecule has 0 radical (unpaired) electrons. The van der Waals surface area contributed by atoms with Crippen molar-refractivity contribution in [1.29, 1.82) is 0 Å². The molecule has 6 rings (SSSR count). The summed E-state index contributed by atoms with van der Waals surface area (Å²) in [6.07, 6.45) is 1.18. The van der Waals surface area contributed by atoms with Crippen LogP contribution in [0.25, 0.3) is 0 Å². The van der Waals surface area contributed by atoms with Gasteiger partial charge in [-0.25, -0.2) is 8.78 Å². The Labute approximate surface area is 224 Å². The molecule has 1 aliphatic heterocycles. The monoisotopic (exact) mass is 542 g/mol. The number of amides is 1. The largest absolute Gasteiger partial charge is 0.390 e. The summed E-state index contributed by atoms with van der Waals surface area (Å²) in [5.41, 5.74) is -5.17. The molecule has 1 amide bonds. The van der Waals surface area contributed by atoms with Crippen LogP contribution in [-0.2, 0) is 19.2 Å². The second-order valence-electron chi connectivity index (χ2n) is 12.1. The number of aliphatic hydroxyl groups excluding tert-OH is 2. The third-order valence-corrected chi connectivity index (χ3v) is 10.6. The SMILES string of the molecule is C[C@]12C=CC(=O)C=C1[C@@H](F)C[C@H]1[C@@H]3C[C@H]4CN(c5ccc(NC=O)cc5)O[C@]4(C(=O)CO)[C@@]3(C)C[C@H](O)[C@]12F. The summed E-state index contributed by atoms with van der Waals surface area (Å²) >= 11 is 0. The smallest absolute Gasteiger partial charge is 0.211 e. The van der Waals surface area contributed by atoms with E-state index >= 15 is 8.78 Å². The number of ketones is 2. The first kappa shape index (κ1) is 26.3. The highest BCUT2D eigenvalue weighted by Crippen LogP contribution is 2.72. The van der Waals surface area contributed by atoms with Crippen molar-refractivity contribution < 1.29 is 38.2 Å². The van der Waals surface area contributed by atoms with Crippen LogP contribution in [0.5, 0.6) is 0 Å². The predicted molar refractivity (Wildman–Crippen MR) is 137 cm³/mol. The third-order valence-electron chi connectivity index (χ3n) is 10.6. The maximum atomic E-state index is 17.4. The number of hydrogen-bond acceptors (Lipinski definition) is 7. The average Bonchev–Trinajstić information content (AvgIpc) is 3.41. The molecule has 8 nitrogen and oxygen atoms in total. The quantitative estimate of drug-likeness (QED) is 0.490. The number of carbonyl (C=O) groups excluding carboxylic acids is 3. The van der Waals surface area contributed by atoms with Gasteiger partial charge in [0.25, 0.3) is 0 Å². The lowest BCUT2D eigenvalue weighted by Crippen LogP contribution is -2.70. The van der Waals surface area contributed by atoms with Gasteiger partial charge in [-0.1, -0.05) is 13.0 Å². The van der Waals surface area contributed by atoms with Crippen molar-refractivity contribution in [2.75, 3.05) is 23.5 Å². The summed E-state index contributed by atoms with van der Waals surface area (Å²) in [7, 11) is 0.